The highest BCUT2D eigenvalue weighted by molar-refractivity contribution is 7.91. The van der Waals surface area contributed by atoms with Gasteiger partial charge in [-0.05, 0) is 13.3 Å². The Hall–Kier alpha value is -2.17. The van der Waals surface area contributed by atoms with Crippen LogP contribution in [0.1, 0.15) is 13.3 Å². The maximum Gasteiger partial charge on any atom is 0.409 e. The van der Waals surface area contributed by atoms with E-state index < -0.39 is 9.84 Å². The van der Waals surface area contributed by atoms with Crippen molar-refractivity contribution < 1.29 is 17.9 Å². The molecule has 3 rings (SSSR count). The Morgan fingerprint density at radius 3 is 2.69 bits per heavy atom. The molecule has 0 spiro atoms. The molecule has 0 aliphatic carbocycles. The second-order valence-electron chi connectivity index (χ2n) is 6.46. The molecule has 0 bridgehead atoms. The monoisotopic (exact) mass is 384 g/mol. The van der Waals surface area contributed by atoms with Gasteiger partial charge in [-0.25, -0.2) is 13.2 Å². The van der Waals surface area contributed by atoms with Gasteiger partial charge in [-0.15, -0.1) is 5.10 Å². The molecule has 0 aromatic carbocycles. The predicted octanol–water partition coefficient (Wildman–Crippen LogP) is -0.227. The van der Waals surface area contributed by atoms with Crippen LogP contribution < -0.4 is 9.80 Å². The molecule has 2 fully saturated rings. The van der Waals surface area contributed by atoms with Gasteiger partial charge >= 0.3 is 6.09 Å². The average Bonchev–Trinajstić information content (AvgIpc) is 3.01. The van der Waals surface area contributed by atoms with Crippen LogP contribution in [0.2, 0.25) is 0 Å². The fourth-order valence-electron chi connectivity index (χ4n) is 3.16. The number of carbonyl (C=O) groups is 1. The summed E-state index contributed by atoms with van der Waals surface area (Å²) in [5, 5.41) is 8.07. The van der Waals surface area contributed by atoms with Gasteiger partial charge in [0.05, 0.1) is 24.3 Å². The van der Waals surface area contributed by atoms with E-state index in [1.165, 1.54) is 0 Å². The number of nitrogens with zero attached hydrogens (tertiary/aromatic N) is 6. The van der Waals surface area contributed by atoms with E-state index in [1.807, 2.05) is 4.90 Å². The largest absolute Gasteiger partial charge is 0.450 e. The van der Waals surface area contributed by atoms with E-state index in [9.17, 15) is 13.2 Å². The topological polar surface area (TPSA) is 109 Å². The van der Waals surface area contributed by atoms with Crippen molar-refractivity contribution in [3.63, 3.8) is 0 Å². The highest BCUT2D eigenvalue weighted by atomic mass is 32.2. The second-order valence-corrected chi connectivity index (χ2v) is 8.68. The lowest BCUT2D eigenvalue weighted by atomic mass is 10.2. The van der Waals surface area contributed by atoms with Crippen molar-refractivity contribution in [2.75, 3.05) is 61.1 Å². The molecule has 1 aromatic heterocycles. The number of anilines is 2. The van der Waals surface area contributed by atoms with Crippen LogP contribution in [0.4, 0.5) is 16.6 Å². The van der Waals surface area contributed by atoms with Crippen LogP contribution in [0.5, 0.6) is 0 Å². The summed E-state index contributed by atoms with van der Waals surface area (Å²) in [5.41, 5.74) is 0. The second kappa shape index (κ2) is 7.60. The van der Waals surface area contributed by atoms with Crippen LogP contribution in [0.15, 0.2) is 6.20 Å². The van der Waals surface area contributed by atoms with E-state index in [4.69, 9.17) is 4.74 Å². The molecule has 26 heavy (non-hydrogen) atoms. The van der Waals surface area contributed by atoms with Gasteiger partial charge in [-0.1, -0.05) is 0 Å². The zero-order valence-corrected chi connectivity index (χ0v) is 15.9. The summed E-state index contributed by atoms with van der Waals surface area (Å²) in [6.07, 6.45) is 1.86. The van der Waals surface area contributed by atoms with Crippen LogP contribution in [-0.4, -0.2) is 92.0 Å². The van der Waals surface area contributed by atoms with Gasteiger partial charge in [0.25, 0.3) is 0 Å². The molecule has 2 aliphatic rings. The van der Waals surface area contributed by atoms with Crippen LogP contribution in [0, 0.1) is 0 Å². The number of aromatic nitrogens is 3. The Morgan fingerprint density at radius 2 is 2.08 bits per heavy atom. The van der Waals surface area contributed by atoms with Gasteiger partial charge in [-0.2, -0.15) is 10.1 Å². The molecule has 144 valence electrons. The van der Waals surface area contributed by atoms with Crippen molar-refractivity contribution in [3.8, 4) is 0 Å². The smallest absolute Gasteiger partial charge is 0.409 e. The van der Waals surface area contributed by atoms with Crippen molar-refractivity contribution in [2.24, 2.45) is 0 Å². The minimum Gasteiger partial charge on any atom is -0.450 e. The molecule has 3 heterocycles. The van der Waals surface area contributed by atoms with E-state index in [1.54, 1.807) is 30.0 Å². The summed E-state index contributed by atoms with van der Waals surface area (Å²) < 4.78 is 28.4. The third-order valence-electron chi connectivity index (χ3n) is 4.74. The van der Waals surface area contributed by atoms with Crippen LogP contribution in [0.25, 0.3) is 0 Å². The average molecular weight is 384 g/mol. The molecule has 1 amide bonds. The summed E-state index contributed by atoms with van der Waals surface area (Å²) in [4.78, 5) is 21.8. The van der Waals surface area contributed by atoms with Gasteiger partial charge in [0, 0.05) is 39.3 Å². The molecule has 0 saturated carbocycles. The number of rotatable bonds is 4. The maximum atomic E-state index is 11.8. The molecule has 2 saturated heterocycles. The molecule has 10 nitrogen and oxygen atoms in total. The lowest BCUT2D eigenvalue weighted by Gasteiger charge is -2.34. The molecule has 0 N–H and O–H groups in total. The first kappa shape index (κ1) is 18.6. The predicted molar refractivity (Wildman–Crippen MR) is 96.1 cm³/mol. The normalized spacial score (nSPS) is 22.3. The van der Waals surface area contributed by atoms with Crippen LogP contribution >= 0.6 is 0 Å². The van der Waals surface area contributed by atoms with E-state index in [-0.39, 0.29) is 23.6 Å². The lowest BCUT2D eigenvalue weighted by Crippen LogP contribution is -2.49. The standard InChI is InChI=1S/C15H24N6O4S/c1-3-25-15(22)21-7-5-20(6-8-21)13-10-16-18-14(17-13)19(2)12-4-9-26(23,24)11-12/h10,12H,3-9,11H2,1-2H3. The van der Waals surface area contributed by atoms with Gasteiger partial charge in [-0.3, -0.25) is 0 Å². The Labute approximate surface area is 153 Å². The molecule has 1 atom stereocenters. The molecule has 1 unspecified atom stereocenters. The van der Waals surface area contributed by atoms with Gasteiger partial charge in [0.1, 0.15) is 0 Å². The Balaban J connectivity index is 1.64. The fraction of sp³-hybridized carbons (Fsp3) is 0.733. The highest BCUT2D eigenvalue weighted by Crippen LogP contribution is 2.21. The molecule has 1 aromatic rings. The van der Waals surface area contributed by atoms with Crippen molar-refractivity contribution >= 4 is 27.7 Å². The van der Waals surface area contributed by atoms with Gasteiger partial charge < -0.3 is 19.4 Å². The minimum atomic E-state index is -2.98. The molecule has 11 heteroatoms. The first-order valence-electron chi connectivity index (χ1n) is 8.69. The summed E-state index contributed by atoms with van der Waals surface area (Å²) >= 11 is 0. The van der Waals surface area contributed by atoms with Crippen molar-refractivity contribution in [1.82, 2.24) is 20.1 Å². The van der Waals surface area contributed by atoms with E-state index in [0.29, 0.717) is 51.0 Å². The molecule has 0 radical (unpaired) electrons. The summed E-state index contributed by atoms with van der Waals surface area (Å²) in [6.45, 7) is 4.50. The van der Waals surface area contributed by atoms with Crippen molar-refractivity contribution in [2.45, 2.75) is 19.4 Å². The van der Waals surface area contributed by atoms with Crippen LogP contribution in [-0.2, 0) is 14.6 Å². The first-order valence-corrected chi connectivity index (χ1v) is 10.5. The molecule has 2 aliphatic heterocycles. The zero-order chi connectivity index (χ0) is 18.7. The number of sulfone groups is 1. The summed E-state index contributed by atoms with van der Waals surface area (Å²) in [6, 6.07) is -0.127. The van der Waals surface area contributed by atoms with E-state index in [0.717, 1.165) is 0 Å². The van der Waals surface area contributed by atoms with E-state index >= 15 is 0 Å². The Morgan fingerprint density at radius 1 is 1.35 bits per heavy atom. The lowest BCUT2D eigenvalue weighted by molar-refractivity contribution is 0.105. The SMILES string of the molecule is CCOC(=O)N1CCN(c2cnnc(N(C)C3CCS(=O)(=O)C3)n2)CC1. The Kier molecular flexibility index (Phi) is 5.44. The third kappa shape index (κ3) is 4.14. The highest BCUT2D eigenvalue weighted by Gasteiger charge is 2.32. The number of ether oxygens (including phenoxy) is 1. The molecular formula is C15H24N6O4S. The number of carbonyl (C=O) groups excluding carboxylic acids is 1. The fourth-order valence-corrected chi connectivity index (χ4v) is 4.94. The number of amides is 1. The summed E-state index contributed by atoms with van der Waals surface area (Å²) in [5.74, 6) is 1.41. The number of piperazine rings is 1. The third-order valence-corrected chi connectivity index (χ3v) is 6.49. The maximum absolute atomic E-state index is 11.8. The van der Waals surface area contributed by atoms with Crippen molar-refractivity contribution in [1.29, 1.82) is 0 Å². The van der Waals surface area contributed by atoms with Crippen LogP contribution in [0.3, 0.4) is 0 Å². The summed E-state index contributed by atoms with van der Waals surface area (Å²) in [7, 11) is -1.18. The molecular weight excluding hydrogens is 360 g/mol. The van der Waals surface area contributed by atoms with Gasteiger partial charge in [0.2, 0.25) is 5.95 Å². The first-order chi connectivity index (χ1) is 12.4. The number of hydrogen-bond donors (Lipinski definition) is 0. The quantitative estimate of drug-likeness (QED) is 0.695. The number of hydrogen-bond acceptors (Lipinski definition) is 9. The van der Waals surface area contributed by atoms with Gasteiger partial charge in [0.15, 0.2) is 15.7 Å². The minimum absolute atomic E-state index is 0.120. The van der Waals surface area contributed by atoms with Crippen molar-refractivity contribution in [3.05, 3.63) is 6.20 Å². The van der Waals surface area contributed by atoms with E-state index in [2.05, 4.69) is 15.2 Å². The Bertz CT molecular complexity index is 750. The zero-order valence-electron chi connectivity index (χ0n) is 15.0.